The summed E-state index contributed by atoms with van der Waals surface area (Å²) in [5.41, 5.74) is 4.51. The number of aliphatic imine (C=N–C) groups is 2. The molecule has 33 heavy (non-hydrogen) atoms. The molecule has 0 spiro atoms. The van der Waals surface area contributed by atoms with Gasteiger partial charge in [0.05, 0.1) is 5.70 Å². The minimum Gasteiger partial charge on any atom is -0.241 e. The molecule has 0 amide bonds. The third kappa shape index (κ3) is 3.44. The first-order valence-electron chi connectivity index (χ1n) is 11.5. The van der Waals surface area contributed by atoms with Crippen LogP contribution in [0.25, 0.3) is 38.0 Å². The summed E-state index contributed by atoms with van der Waals surface area (Å²) in [6.45, 7) is 2.20. The summed E-state index contributed by atoms with van der Waals surface area (Å²) >= 11 is 0. The Morgan fingerprint density at radius 3 is 1.82 bits per heavy atom. The Morgan fingerprint density at radius 1 is 0.576 bits per heavy atom. The van der Waals surface area contributed by atoms with Crippen molar-refractivity contribution in [3.63, 3.8) is 0 Å². The largest absolute Gasteiger partial charge is 0.241 e. The molecule has 5 aromatic carbocycles. The topological polar surface area (TPSA) is 24.7 Å². The molecule has 1 heterocycles. The number of hydrogen-bond donors (Lipinski definition) is 0. The molecule has 2 heteroatoms. The van der Waals surface area contributed by atoms with E-state index in [-0.39, 0.29) is 0 Å². The van der Waals surface area contributed by atoms with Crippen molar-refractivity contribution in [1.29, 1.82) is 0 Å². The van der Waals surface area contributed by atoms with Gasteiger partial charge in [0.2, 0.25) is 0 Å². The van der Waals surface area contributed by atoms with E-state index in [0.717, 1.165) is 35.5 Å². The summed E-state index contributed by atoms with van der Waals surface area (Å²) in [4.78, 5) is 9.81. The molecular weight excluding hydrogens is 400 g/mol. The lowest BCUT2D eigenvalue weighted by Gasteiger charge is -2.15. The molecule has 2 nitrogen and oxygen atoms in total. The van der Waals surface area contributed by atoms with Crippen molar-refractivity contribution in [3.05, 3.63) is 114 Å². The average molecular weight is 425 g/mol. The third-order valence-electron chi connectivity index (χ3n) is 6.53. The Morgan fingerprint density at radius 2 is 1.15 bits per heavy atom. The maximum Gasteiger partial charge on any atom is 0.159 e. The lowest BCUT2D eigenvalue weighted by Crippen LogP contribution is -2.02. The van der Waals surface area contributed by atoms with Gasteiger partial charge >= 0.3 is 0 Å². The first-order chi connectivity index (χ1) is 16.3. The highest BCUT2D eigenvalue weighted by Gasteiger charge is 2.14. The molecule has 0 radical (unpaired) electrons. The van der Waals surface area contributed by atoms with Crippen molar-refractivity contribution < 1.29 is 0 Å². The van der Waals surface area contributed by atoms with Gasteiger partial charge in [0.1, 0.15) is 0 Å². The van der Waals surface area contributed by atoms with Crippen molar-refractivity contribution in [2.45, 2.75) is 19.8 Å². The van der Waals surface area contributed by atoms with Crippen LogP contribution in [0.15, 0.2) is 113 Å². The maximum absolute atomic E-state index is 5.10. The van der Waals surface area contributed by atoms with Gasteiger partial charge in [-0.25, -0.2) is 9.98 Å². The molecule has 5 aromatic rings. The van der Waals surface area contributed by atoms with E-state index in [1.807, 2.05) is 24.4 Å². The SMILES string of the molecule is C/C1=C(c2ccc3c4ccccc4c4ccccc4c3c2)/N=C(c2ccccc2)\N=C/CC1. The lowest BCUT2D eigenvalue weighted by molar-refractivity contribution is 1.02. The van der Waals surface area contributed by atoms with Gasteiger partial charge in [-0.15, -0.1) is 0 Å². The van der Waals surface area contributed by atoms with Gasteiger partial charge in [-0.3, -0.25) is 0 Å². The van der Waals surface area contributed by atoms with Crippen molar-refractivity contribution in [3.8, 4) is 0 Å². The summed E-state index contributed by atoms with van der Waals surface area (Å²) in [6.07, 6.45) is 3.87. The molecule has 1 aliphatic rings. The fourth-order valence-corrected chi connectivity index (χ4v) is 4.87. The van der Waals surface area contributed by atoms with E-state index in [9.17, 15) is 0 Å². The number of rotatable bonds is 2. The average Bonchev–Trinajstić information content (AvgIpc) is 2.87. The predicted molar refractivity (Wildman–Crippen MR) is 142 cm³/mol. The molecule has 0 aliphatic carbocycles. The number of hydrogen-bond acceptors (Lipinski definition) is 2. The van der Waals surface area contributed by atoms with E-state index in [2.05, 4.69) is 85.8 Å². The van der Waals surface area contributed by atoms with Crippen LogP contribution in [0, 0.1) is 0 Å². The molecule has 1 aliphatic heterocycles. The van der Waals surface area contributed by atoms with Crippen LogP contribution in [0.2, 0.25) is 0 Å². The number of benzene rings is 5. The quantitative estimate of drug-likeness (QED) is 0.255. The molecule has 0 bridgehead atoms. The van der Waals surface area contributed by atoms with E-state index in [0.29, 0.717) is 0 Å². The van der Waals surface area contributed by atoms with Gasteiger partial charge in [-0.05, 0) is 63.7 Å². The normalized spacial score (nSPS) is 19.2. The van der Waals surface area contributed by atoms with E-state index in [1.54, 1.807) is 0 Å². The summed E-state index contributed by atoms with van der Waals surface area (Å²) in [5, 5.41) is 7.71. The van der Waals surface area contributed by atoms with Crippen LogP contribution in [0.4, 0.5) is 0 Å². The number of fused-ring (bicyclic) bond motifs is 6. The Kier molecular flexibility index (Phi) is 4.84. The predicted octanol–water partition coefficient (Wildman–Crippen LogP) is 8.19. The van der Waals surface area contributed by atoms with Gasteiger partial charge in [0.25, 0.3) is 0 Å². The first kappa shape index (κ1) is 19.6. The van der Waals surface area contributed by atoms with E-state index >= 15 is 0 Å². The van der Waals surface area contributed by atoms with Crippen LogP contribution >= 0.6 is 0 Å². The molecule has 6 rings (SSSR count). The van der Waals surface area contributed by atoms with Gasteiger partial charge in [0.15, 0.2) is 5.84 Å². The zero-order chi connectivity index (χ0) is 22.2. The Hall–Kier alpha value is -4.04. The van der Waals surface area contributed by atoms with E-state index < -0.39 is 0 Å². The molecule has 158 valence electrons. The Labute approximate surface area is 193 Å². The van der Waals surface area contributed by atoms with Crippen molar-refractivity contribution >= 4 is 50.1 Å². The second-order valence-corrected chi connectivity index (χ2v) is 8.63. The van der Waals surface area contributed by atoms with Crippen molar-refractivity contribution in [2.24, 2.45) is 9.98 Å². The van der Waals surface area contributed by atoms with Gasteiger partial charge in [-0.1, -0.05) is 91.0 Å². The molecule has 0 saturated carbocycles. The molecule has 0 aromatic heterocycles. The monoisotopic (exact) mass is 424 g/mol. The summed E-state index contributed by atoms with van der Waals surface area (Å²) in [5.74, 6) is 0.771. The fourth-order valence-electron chi connectivity index (χ4n) is 4.87. The van der Waals surface area contributed by atoms with Crippen LogP contribution in [0.3, 0.4) is 0 Å². The van der Waals surface area contributed by atoms with Gasteiger partial charge < -0.3 is 0 Å². The zero-order valence-electron chi connectivity index (χ0n) is 18.6. The maximum atomic E-state index is 5.10. The molecule has 0 atom stereocenters. The highest BCUT2D eigenvalue weighted by molar-refractivity contribution is 6.25. The second kappa shape index (κ2) is 8.14. The standard InChI is InChI=1S/C31H24N2/c1-21-10-9-19-32-31(22-11-3-2-4-12-22)33-30(21)23-17-18-28-26-15-6-5-13-24(26)25-14-7-8-16-27(25)29(28)20-23/h2-8,11-20H,9-10H2,1H3/b30-21-,32-19-,33-31-. The summed E-state index contributed by atoms with van der Waals surface area (Å²) in [7, 11) is 0. The minimum atomic E-state index is 0.771. The fraction of sp³-hybridized carbons (Fsp3) is 0.0968. The molecule has 0 unspecified atom stereocenters. The highest BCUT2D eigenvalue weighted by Crippen LogP contribution is 2.37. The minimum absolute atomic E-state index is 0.771. The Balaban J connectivity index is 1.62. The number of allylic oxidation sites excluding steroid dienone is 1. The van der Waals surface area contributed by atoms with Crippen LogP contribution in [0.1, 0.15) is 30.9 Å². The van der Waals surface area contributed by atoms with Crippen molar-refractivity contribution in [1.82, 2.24) is 0 Å². The van der Waals surface area contributed by atoms with Crippen molar-refractivity contribution in [2.75, 3.05) is 0 Å². The Bertz CT molecular complexity index is 1570. The third-order valence-corrected chi connectivity index (χ3v) is 6.53. The lowest BCUT2D eigenvalue weighted by atomic mass is 9.92. The molecule has 0 fully saturated rings. The van der Waals surface area contributed by atoms with Crippen LogP contribution in [0.5, 0.6) is 0 Å². The van der Waals surface area contributed by atoms with E-state index in [4.69, 9.17) is 9.98 Å². The van der Waals surface area contributed by atoms with E-state index in [1.165, 1.54) is 37.9 Å². The number of nitrogens with zero attached hydrogens (tertiary/aromatic N) is 2. The highest BCUT2D eigenvalue weighted by atomic mass is 14.9. The molecule has 0 N–H and O–H groups in total. The molecular formula is C31H24N2. The summed E-state index contributed by atoms with van der Waals surface area (Å²) < 4.78 is 0. The number of amidine groups is 1. The van der Waals surface area contributed by atoms with Gasteiger partial charge in [-0.2, -0.15) is 0 Å². The van der Waals surface area contributed by atoms with Crippen LogP contribution in [-0.2, 0) is 0 Å². The van der Waals surface area contributed by atoms with Gasteiger partial charge in [0, 0.05) is 17.3 Å². The van der Waals surface area contributed by atoms with Crippen LogP contribution in [-0.4, -0.2) is 12.1 Å². The first-order valence-corrected chi connectivity index (χ1v) is 11.5. The second-order valence-electron chi connectivity index (χ2n) is 8.63. The molecule has 0 saturated heterocycles. The summed E-state index contributed by atoms with van der Waals surface area (Å²) in [6, 6.07) is 34.5. The smallest absolute Gasteiger partial charge is 0.159 e. The van der Waals surface area contributed by atoms with Crippen LogP contribution < -0.4 is 0 Å². The zero-order valence-corrected chi connectivity index (χ0v) is 18.6.